The Hall–Kier alpha value is -1.17. The summed E-state index contributed by atoms with van der Waals surface area (Å²) in [4.78, 5) is 2.53. The summed E-state index contributed by atoms with van der Waals surface area (Å²) in [6, 6.07) is 2.22. The van der Waals surface area contributed by atoms with Crippen LogP contribution in [0.3, 0.4) is 0 Å². The van der Waals surface area contributed by atoms with Gasteiger partial charge in [0.25, 0.3) is 0 Å². The number of fused-ring (bicyclic) bond motifs is 1. The van der Waals surface area contributed by atoms with E-state index in [9.17, 15) is 0 Å². The van der Waals surface area contributed by atoms with Crippen LogP contribution in [0.25, 0.3) is 0 Å². The molecule has 0 saturated heterocycles. The summed E-state index contributed by atoms with van der Waals surface area (Å²) in [6.07, 6.45) is 4.74. The normalized spacial score (nSPS) is 22.0. The first-order valence-electron chi connectivity index (χ1n) is 8.11. The van der Waals surface area contributed by atoms with Crippen molar-refractivity contribution < 1.29 is 4.74 Å². The average Bonchev–Trinajstić information content (AvgIpc) is 3.04. The van der Waals surface area contributed by atoms with Crippen LogP contribution in [0.4, 0.5) is 0 Å². The highest BCUT2D eigenvalue weighted by Gasteiger charge is 2.29. The van der Waals surface area contributed by atoms with Crippen LogP contribution in [0.2, 0.25) is 0 Å². The molecule has 22 heavy (non-hydrogen) atoms. The monoisotopic (exact) mass is 317 g/mol. The molecule has 0 unspecified atom stereocenters. The largest absolute Gasteiger partial charge is 0.380 e. The van der Waals surface area contributed by atoms with Gasteiger partial charge >= 0.3 is 0 Å². The van der Waals surface area contributed by atoms with Gasteiger partial charge in [0.2, 0.25) is 0 Å². The Balaban J connectivity index is 1.46. The van der Waals surface area contributed by atoms with Crippen molar-refractivity contribution >= 4 is 11.3 Å². The van der Waals surface area contributed by atoms with E-state index in [4.69, 9.17) is 4.74 Å². The fraction of sp³-hybridized carbons (Fsp3) is 0.588. The minimum atomic E-state index is 0.439. The maximum absolute atomic E-state index is 6.00. The lowest BCUT2D eigenvalue weighted by Crippen LogP contribution is -2.35. The first-order chi connectivity index (χ1) is 10.8. The Morgan fingerprint density at radius 3 is 3.05 bits per heavy atom. The summed E-state index contributed by atoms with van der Waals surface area (Å²) < 4.78 is 8.04. The number of aryl methyl sites for hydroxylation is 1. The molecule has 118 valence electrons. The Morgan fingerprint density at radius 1 is 1.36 bits per heavy atom. The lowest BCUT2D eigenvalue weighted by Gasteiger charge is -2.33. The topological polar surface area (TPSA) is 30.3 Å². The SMILES string of the molecule is Cn1ncc2c1[C@@H](COCC1CC1)CN(Cc1ccsc1)C2. The summed E-state index contributed by atoms with van der Waals surface area (Å²) in [6.45, 7) is 4.85. The maximum atomic E-state index is 6.00. The van der Waals surface area contributed by atoms with Gasteiger partial charge in [-0.15, -0.1) is 0 Å². The summed E-state index contributed by atoms with van der Waals surface area (Å²) in [5, 5.41) is 8.88. The molecule has 1 saturated carbocycles. The highest BCUT2D eigenvalue weighted by molar-refractivity contribution is 7.07. The molecule has 0 radical (unpaired) electrons. The van der Waals surface area contributed by atoms with Gasteiger partial charge in [-0.25, -0.2) is 0 Å². The first-order valence-corrected chi connectivity index (χ1v) is 9.06. The minimum absolute atomic E-state index is 0.439. The summed E-state index contributed by atoms with van der Waals surface area (Å²) >= 11 is 1.77. The van der Waals surface area contributed by atoms with Crippen LogP contribution in [-0.2, 0) is 24.9 Å². The highest BCUT2D eigenvalue weighted by atomic mass is 32.1. The quantitative estimate of drug-likeness (QED) is 0.820. The fourth-order valence-electron chi connectivity index (χ4n) is 3.40. The van der Waals surface area contributed by atoms with Crippen molar-refractivity contribution in [3.63, 3.8) is 0 Å². The van der Waals surface area contributed by atoms with Crippen LogP contribution in [-0.4, -0.2) is 34.4 Å². The molecule has 0 spiro atoms. The Morgan fingerprint density at radius 2 is 2.27 bits per heavy atom. The van der Waals surface area contributed by atoms with Gasteiger partial charge in [0.15, 0.2) is 0 Å². The Kier molecular flexibility index (Phi) is 4.03. The zero-order chi connectivity index (χ0) is 14.9. The number of nitrogens with zero attached hydrogens (tertiary/aromatic N) is 3. The van der Waals surface area contributed by atoms with Crippen LogP contribution < -0.4 is 0 Å². The van der Waals surface area contributed by atoms with Crippen molar-refractivity contribution in [3.8, 4) is 0 Å². The molecule has 3 heterocycles. The molecular formula is C17H23N3OS. The molecule has 2 aromatic heterocycles. The molecule has 1 atom stereocenters. The second kappa shape index (κ2) is 6.14. The highest BCUT2D eigenvalue weighted by Crippen LogP contribution is 2.32. The van der Waals surface area contributed by atoms with E-state index < -0.39 is 0 Å². The Bertz CT molecular complexity index is 618. The number of hydrogen-bond acceptors (Lipinski definition) is 4. The zero-order valence-corrected chi connectivity index (χ0v) is 13.9. The first kappa shape index (κ1) is 14.4. The van der Waals surface area contributed by atoms with Crippen molar-refractivity contribution in [1.82, 2.24) is 14.7 Å². The third kappa shape index (κ3) is 3.12. The number of thiophene rings is 1. The molecule has 1 aliphatic heterocycles. The van der Waals surface area contributed by atoms with Gasteiger partial charge in [-0.1, -0.05) is 0 Å². The van der Waals surface area contributed by atoms with Crippen molar-refractivity contribution in [2.75, 3.05) is 19.8 Å². The van der Waals surface area contributed by atoms with Gasteiger partial charge in [0, 0.05) is 50.5 Å². The van der Waals surface area contributed by atoms with Gasteiger partial charge in [0.1, 0.15) is 0 Å². The number of aromatic nitrogens is 2. The molecule has 1 fully saturated rings. The molecule has 4 nitrogen and oxygen atoms in total. The molecule has 2 aromatic rings. The fourth-order valence-corrected chi connectivity index (χ4v) is 4.06. The van der Waals surface area contributed by atoms with Crippen LogP contribution in [0.5, 0.6) is 0 Å². The minimum Gasteiger partial charge on any atom is -0.380 e. The molecule has 0 N–H and O–H groups in total. The predicted octanol–water partition coefficient (Wildman–Crippen LogP) is 3.01. The average molecular weight is 317 g/mol. The van der Waals surface area contributed by atoms with E-state index in [2.05, 4.69) is 33.9 Å². The van der Waals surface area contributed by atoms with E-state index >= 15 is 0 Å². The number of rotatable bonds is 6. The molecule has 0 amide bonds. The number of hydrogen-bond donors (Lipinski definition) is 0. The third-order valence-corrected chi connectivity index (χ3v) is 5.41. The summed E-state index contributed by atoms with van der Waals surface area (Å²) in [5.41, 5.74) is 4.15. The van der Waals surface area contributed by atoms with E-state index in [1.54, 1.807) is 11.3 Å². The summed E-state index contributed by atoms with van der Waals surface area (Å²) in [5.74, 6) is 1.27. The molecule has 4 rings (SSSR count). The van der Waals surface area contributed by atoms with Crippen molar-refractivity contribution in [2.24, 2.45) is 13.0 Å². The van der Waals surface area contributed by atoms with E-state index in [0.29, 0.717) is 5.92 Å². The Labute approximate surface area is 135 Å². The molecule has 0 aromatic carbocycles. The third-order valence-electron chi connectivity index (χ3n) is 4.68. The van der Waals surface area contributed by atoms with E-state index in [1.807, 2.05) is 10.9 Å². The molecule has 5 heteroatoms. The second-order valence-corrected chi connectivity index (χ2v) is 7.44. The van der Waals surface area contributed by atoms with Crippen LogP contribution in [0, 0.1) is 5.92 Å². The van der Waals surface area contributed by atoms with Crippen LogP contribution in [0.1, 0.15) is 35.6 Å². The van der Waals surface area contributed by atoms with Gasteiger partial charge in [0.05, 0.1) is 12.8 Å². The van der Waals surface area contributed by atoms with Gasteiger partial charge in [-0.05, 0) is 41.1 Å². The van der Waals surface area contributed by atoms with Crippen molar-refractivity contribution in [2.45, 2.75) is 31.8 Å². The lowest BCUT2D eigenvalue weighted by atomic mass is 9.96. The lowest BCUT2D eigenvalue weighted by molar-refractivity contribution is 0.0870. The predicted molar refractivity (Wildman–Crippen MR) is 87.9 cm³/mol. The van der Waals surface area contributed by atoms with Crippen LogP contribution >= 0.6 is 11.3 Å². The maximum Gasteiger partial charge on any atom is 0.0562 e. The smallest absolute Gasteiger partial charge is 0.0562 e. The van der Waals surface area contributed by atoms with Crippen molar-refractivity contribution in [1.29, 1.82) is 0 Å². The molecule has 1 aliphatic carbocycles. The van der Waals surface area contributed by atoms with E-state index in [-0.39, 0.29) is 0 Å². The molecule has 2 aliphatic rings. The van der Waals surface area contributed by atoms with E-state index in [0.717, 1.165) is 38.8 Å². The standard InChI is InChI=1S/C17H23N3OS/c1-19-17-15(6-18-19)8-20(7-14-4-5-22-12-14)9-16(17)11-21-10-13-2-3-13/h4-6,12-13,16H,2-3,7-11H2,1H3/t16-/m1/s1. The second-order valence-electron chi connectivity index (χ2n) is 6.66. The number of ether oxygens (including phenoxy) is 1. The summed E-state index contributed by atoms with van der Waals surface area (Å²) in [7, 11) is 2.06. The molecule has 0 bridgehead atoms. The van der Waals surface area contributed by atoms with Gasteiger partial charge in [-0.2, -0.15) is 16.4 Å². The van der Waals surface area contributed by atoms with Gasteiger partial charge in [-0.3, -0.25) is 9.58 Å². The zero-order valence-electron chi connectivity index (χ0n) is 13.1. The van der Waals surface area contributed by atoms with Crippen molar-refractivity contribution in [3.05, 3.63) is 39.8 Å². The van der Waals surface area contributed by atoms with E-state index in [1.165, 1.54) is 29.7 Å². The van der Waals surface area contributed by atoms with Gasteiger partial charge < -0.3 is 4.74 Å². The van der Waals surface area contributed by atoms with Crippen LogP contribution in [0.15, 0.2) is 23.0 Å². The molecular weight excluding hydrogens is 294 g/mol.